The monoisotopic (exact) mass is 502 g/mol. The van der Waals surface area contributed by atoms with Gasteiger partial charge in [-0.2, -0.15) is 13.2 Å². The van der Waals surface area contributed by atoms with Crippen LogP contribution in [-0.2, 0) is 11.0 Å². The van der Waals surface area contributed by atoms with Crippen LogP contribution in [0.15, 0.2) is 45.8 Å². The first-order valence-corrected chi connectivity index (χ1v) is 9.90. The molecule has 0 bridgehead atoms. The summed E-state index contributed by atoms with van der Waals surface area (Å²) in [5.41, 5.74) is -0.200. The Hall–Kier alpha value is -2.24. The number of anilines is 1. The topological polar surface area (TPSA) is 63.5 Å². The molecule has 1 heterocycles. The second kappa shape index (κ2) is 7.88. The average Bonchev–Trinajstić information content (AvgIpc) is 2.90. The summed E-state index contributed by atoms with van der Waals surface area (Å²) in [5, 5.41) is 11.2. The summed E-state index contributed by atoms with van der Waals surface area (Å²) in [6.07, 6.45) is -3.14. The Labute approximate surface area is 180 Å². The first-order chi connectivity index (χ1) is 13.5. The molecule has 1 aliphatic rings. The van der Waals surface area contributed by atoms with E-state index in [1.165, 1.54) is 24.3 Å². The summed E-state index contributed by atoms with van der Waals surface area (Å²) < 4.78 is 39.5. The molecule has 1 saturated heterocycles. The van der Waals surface area contributed by atoms with Gasteiger partial charge < -0.3 is 0 Å². The number of carbonyl (C=O) groups excluding carboxylic acids is 1. The molecule has 150 valence electrons. The van der Waals surface area contributed by atoms with E-state index in [4.69, 9.17) is 12.2 Å². The Balaban J connectivity index is 1.99. The quantitative estimate of drug-likeness (QED) is 0.220. The number of nitrogens with zero attached hydrogens (tertiary/aromatic N) is 2. The number of carbonyl (C=O) groups is 1. The number of thiocarbonyl (C=S) groups is 1. The zero-order valence-corrected chi connectivity index (χ0v) is 17.7. The number of hydrogen-bond acceptors (Lipinski definition) is 5. The van der Waals surface area contributed by atoms with Crippen LogP contribution >= 0.6 is 39.9 Å². The van der Waals surface area contributed by atoms with Crippen LogP contribution in [0.3, 0.4) is 0 Å². The highest BCUT2D eigenvalue weighted by Crippen LogP contribution is 2.39. The molecule has 0 atom stereocenters. The van der Waals surface area contributed by atoms with Gasteiger partial charge in [-0.25, -0.2) is 0 Å². The van der Waals surface area contributed by atoms with E-state index in [0.29, 0.717) is 15.6 Å². The zero-order chi connectivity index (χ0) is 21.5. The van der Waals surface area contributed by atoms with Crippen LogP contribution in [-0.4, -0.2) is 15.2 Å². The molecule has 1 aliphatic heterocycles. The third-order valence-electron chi connectivity index (χ3n) is 4.06. The minimum Gasteiger partial charge on any atom is -0.268 e. The van der Waals surface area contributed by atoms with E-state index < -0.39 is 22.6 Å². The second-order valence-electron chi connectivity index (χ2n) is 5.97. The van der Waals surface area contributed by atoms with Crippen molar-refractivity contribution in [2.45, 2.75) is 13.1 Å². The number of halogens is 4. The van der Waals surface area contributed by atoms with Crippen LogP contribution < -0.4 is 4.90 Å². The van der Waals surface area contributed by atoms with E-state index in [0.717, 1.165) is 28.8 Å². The largest absolute Gasteiger partial charge is 0.416 e. The van der Waals surface area contributed by atoms with Crippen molar-refractivity contribution in [2.24, 2.45) is 0 Å². The molecule has 2 aromatic rings. The first kappa shape index (κ1) is 21.5. The minimum absolute atomic E-state index is 0.00166. The molecule has 0 saturated carbocycles. The molecule has 5 nitrogen and oxygen atoms in total. The SMILES string of the molecule is Cc1c(Br)cc(/C=C2\SC(=S)N(c3cccc(C(F)(F)F)c3)C2=O)cc1[N+](=O)[O-]. The molecule has 0 radical (unpaired) electrons. The lowest BCUT2D eigenvalue weighted by Crippen LogP contribution is -2.27. The van der Waals surface area contributed by atoms with Crippen LogP contribution in [0.25, 0.3) is 6.08 Å². The molecule has 0 aromatic heterocycles. The van der Waals surface area contributed by atoms with Crippen molar-refractivity contribution in [1.29, 1.82) is 0 Å². The van der Waals surface area contributed by atoms with E-state index in [-0.39, 0.29) is 20.6 Å². The van der Waals surface area contributed by atoms with Gasteiger partial charge in [0.25, 0.3) is 11.6 Å². The van der Waals surface area contributed by atoms with E-state index in [9.17, 15) is 28.1 Å². The Morgan fingerprint density at radius 2 is 1.97 bits per heavy atom. The van der Waals surface area contributed by atoms with Gasteiger partial charge in [-0.1, -0.05) is 46.0 Å². The van der Waals surface area contributed by atoms with Crippen molar-refractivity contribution in [2.75, 3.05) is 4.90 Å². The lowest BCUT2D eigenvalue weighted by atomic mass is 10.1. The third-order valence-corrected chi connectivity index (χ3v) is 6.18. The highest BCUT2D eigenvalue weighted by atomic mass is 79.9. The lowest BCUT2D eigenvalue weighted by Gasteiger charge is -2.16. The summed E-state index contributed by atoms with van der Waals surface area (Å²) >= 11 is 9.33. The van der Waals surface area contributed by atoms with Gasteiger partial charge in [-0.05, 0) is 42.8 Å². The van der Waals surface area contributed by atoms with Crippen molar-refractivity contribution in [3.8, 4) is 0 Å². The van der Waals surface area contributed by atoms with Crippen LogP contribution in [0.5, 0.6) is 0 Å². The highest BCUT2D eigenvalue weighted by molar-refractivity contribution is 9.10. The van der Waals surface area contributed by atoms with Crippen LogP contribution in [0, 0.1) is 17.0 Å². The number of rotatable bonds is 3. The molecule has 3 rings (SSSR count). The Kier molecular flexibility index (Phi) is 5.84. The van der Waals surface area contributed by atoms with Crippen molar-refractivity contribution >= 4 is 67.6 Å². The maximum absolute atomic E-state index is 13.0. The lowest BCUT2D eigenvalue weighted by molar-refractivity contribution is -0.385. The summed E-state index contributed by atoms with van der Waals surface area (Å²) in [6.45, 7) is 1.58. The van der Waals surface area contributed by atoms with Gasteiger partial charge in [-0.3, -0.25) is 19.8 Å². The minimum atomic E-state index is -4.56. The van der Waals surface area contributed by atoms with Gasteiger partial charge in [0.1, 0.15) is 0 Å². The fourth-order valence-electron chi connectivity index (χ4n) is 2.62. The standard InChI is InChI=1S/C18H10BrF3N2O3S2/c1-9-13(19)5-10(6-14(9)24(26)27)7-15-16(25)23(17(28)29-15)12-4-2-3-11(8-12)18(20,21)22/h2-8H,1H3/b15-7-. The molecule has 1 amide bonds. The Morgan fingerprint density at radius 3 is 2.59 bits per heavy atom. The number of hydrogen-bond donors (Lipinski definition) is 0. The summed E-state index contributed by atoms with van der Waals surface area (Å²) in [6, 6.07) is 7.23. The van der Waals surface area contributed by atoms with E-state index in [2.05, 4.69) is 15.9 Å². The average molecular weight is 503 g/mol. The van der Waals surface area contributed by atoms with Gasteiger partial charge in [0.2, 0.25) is 0 Å². The highest BCUT2D eigenvalue weighted by Gasteiger charge is 2.36. The number of nitro benzene ring substituents is 1. The Bertz CT molecular complexity index is 1090. The smallest absolute Gasteiger partial charge is 0.268 e. The molecular weight excluding hydrogens is 493 g/mol. The summed E-state index contributed by atoms with van der Waals surface area (Å²) in [7, 11) is 0. The number of amides is 1. The zero-order valence-electron chi connectivity index (χ0n) is 14.5. The van der Waals surface area contributed by atoms with Crippen molar-refractivity contribution < 1.29 is 22.9 Å². The summed E-state index contributed by atoms with van der Waals surface area (Å²) in [4.78, 5) is 24.6. The number of benzene rings is 2. The fourth-order valence-corrected chi connectivity index (χ4v) is 4.39. The molecular formula is C18H10BrF3N2O3S2. The van der Waals surface area contributed by atoms with E-state index in [1.807, 2.05) is 0 Å². The van der Waals surface area contributed by atoms with Crippen molar-refractivity contribution in [1.82, 2.24) is 0 Å². The van der Waals surface area contributed by atoms with Gasteiger partial charge in [0.05, 0.1) is 21.1 Å². The molecule has 0 spiro atoms. The third kappa shape index (κ3) is 4.36. The molecule has 1 fully saturated rings. The predicted molar refractivity (Wildman–Crippen MR) is 113 cm³/mol. The molecule has 2 aromatic carbocycles. The van der Waals surface area contributed by atoms with Crippen molar-refractivity contribution in [3.63, 3.8) is 0 Å². The van der Waals surface area contributed by atoms with Gasteiger partial charge in [0, 0.05) is 16.1 Å². The molecule has 0 unspecified atom stereocenters. The fraction of sp³-hybridized carbons (Fsp3) is 0.111. The predicted octanol–water partition coefficient (Wildman–Crippen LogP) is 6.09. The number of alkyl halides is 3. The molecule has 0 N–H and O–H groups in total. The Morgan fingerprint density at radius 1 is 1.28 bits per heavy atom. The van der Waals surface area contributed by atoms with E-state index >= 15 is 0 Å². The maximum atomic E-state index is 13.0. The van der Waals surface area contributed by atoms with Gasteiger partial charge >= 0.3 is 6.18 Å². The molecule has 11 heteroatoms. The van der Waals surface area contributed by atoms with Crippen LogP contribution in [0.2, 0.25) is 0 Å². The maximum Gasteiger partial charge on any atom is 0.416 e. The van der Waals surface area contributed by atoms with Crippen LogP contribution in [0.4, 0.5) is 24.5 Å². The van der Waals surface area contributed by atoms with E-state index in [1.54, 1.807) is 13.0 Å². The first-order valence-electron chi connectivity index (χ1n) is 7.89. The normalized spacial score (nSPS) is 16.0. The van der Waals surface area contributed by atoms with Gasteiger partial charge in [0.15, 0.2) is 4.32 Å². The van der Waals surface area contributed by atoms with Crippen LogP contribution in [0.1, 0.15) is 16.7 Å². The number of thioether (sulfide) groups is 1. The molecule has 29 heavy (non-hydrogen) atoms. The molecule has 0 aliphatic carbocycles. The summed E-state index contributed by atoms with van der Waals surface area (Å²) in [5.74, 6) is -0.598. The number of nitro groups is 1. The van der Waals surface area contributed by atoms with Gasteiger partial charge in [-0.15, -0.1) is 0 Å². The van der Waals surface area contributed by atoms with Crippen molar-refractivity contribution in [3.05, 3.63) is 72.6 Å². The second-order valence-corrected chi connectivity index (χ2v) is 8.50.